The Morgan fingerprint density at radius 2 is 1.94 bits per heavy atom. The number of hydrogen-bond donors (Lipinski definition) is 2. The molecule has 0 aliphatic rings. The fraction of sp³-hybridized carbons (Fsp3) is 0.571. The highest BCUT2D eigenvalue weighted by molar-refractivity contribution is 5.33. The number of aryl methyl sites for hydroxylation is 1. The first-order valence-corrected chi connectivity index (χ1v) is 6.48. The fourth-order valence-electron chi connectivity index (χ4n) is 1.60. The number of benzene rings is 1. The molecule has 1 aromatic carbocycles. The zero-order valence-corrected chi connectivity index (χ0v) is 11.0. The van der Waals surface area contributed by atoms with E-state index in [1.165, 1.54) is 5.56 Å². The highest BCUT2D eigenvalue weighted by atomic mass is 16.5. The predicted molar refractivity (Wildman–Crippen MR) is 72.1 cm³/mol. The Morgan fingerprint density at radius 3 is 2.72 bits per heavy atom. The molecule has 0 amide bonds. The number of para-hydroxylation sites is 1. The molecule has 0 aliphatic carbocycles. The molecular formula is C14H23NO3. The number of hydrogen-bond acceptors (Lipinski definition) is 4. The molecule has 1 rings (SSSR count). The Bertz CT molecular complexity index is 318. The molecule has 0 aromatic heterocycles. The van der Waals surface area contributed by atoms with Gasteiger partial charge in [-0.05, 0) is 18.1 Å². The summed E-state index contributed by atoms with van der Waals surface area (Å²) >= 11 is 0. The number of rotatable bonds is 10. The van der Waals surface area contributed by atoms with E-state index in [9.17, 15) is 0 Å². The van der Waals surface area contributed by atoms with Crippen LogP contribution in [0.25, 0.3) is 0 Å². The molecule has 4 nitrogen and oxygen atoms in total. The van der Waals surface area contributed by atoms with Gasteiger partial charge in [-0.15, -0.1) is 0 Å². The van der Waals surface area contributed by atoms with Crippen LogP contribution in [0.15, 0.2) is 24.3 Å². The summed E-state index contributed by atoms with van der Waals surface area (Å²) in [5.41, 5.74) is 1.22. The van der Waals surface area contributed by atoms with Gasteiger partial charge in [0.05, 0.1) is 19.8 Å². The summed E-state index contributed by atoms with van der Waals surface area (Å²) in [5.74, 6) is 0.946. The standard InChI is InChI=1S/C14H23NO3/c1-2-13-5-3-4-6-14(13)18-12-11-17-10-8-15-7-9-16/h3-6,15-16H,2,7-12H2,1H3. The SMILES string of the molecule is CCc1ccccc1OCCOCCNCCO. The summed E-state index contributed by atoms with van der Waals surface area (Å²) in [6, 6.07) is 8.07. The summed E-state index contributed by atoms with van der Waals surface area (Å²) in [6.07, 6.45) is 0.974. The van der Waals surface area contributed by atoms with Gasteiger partial charge < -0.3 is 19.9 Å². The molecule has 2 N–H and O–H groups in total. The van der Waals surface area contributed by atoms with Crippen molar-refractivity contribution in [2.24, 2.45) is 0 Å². The zero-order chi connectivity index (χ0) is 13.1. The van der Waals surface area contributed by atoms with Gasteiger partial charge in [-0.3, -0.25) is 0 Å². The van der Waals surface area contributed by atoms with Gasteiger partial charge in [0.1, 0.15) is 12.4 Å². The number of nitrogens with one attached hydrogen (secondary N) is 1. The molecule has 0 spiro atoms. The van der Waals surface area contributed by atoms with Crippen molar-refractivity contribution in [3.8, 4) is 5.75 Å². The minimum atomic E-state index is 0.164. The zero-order valence-electron chi connectivity index (χ0n) is 11.0. The molecule has 0 bridgehead atoms. The number of aliphatic hydroxyl groups excluding tert-OH is 1. The minimum absolute atomic E-state index is 0.164. The monoisotopic (exact) mass is 253 g/mol. The van der Waals surface area contributed by atoms with Crippen LogP contribution >= 0.6 is 0 Å². The van der Waals surface area contributed by atoms with Crippen molar-refractivity contribution in [3.05, 3.63) is 29.8 Å². The predicted octanol–water partition coefficient (Wildman–Crippen LogP) is 1.23. The average molecular weight is 253 g/mol. The van der Waals surface area contributed by atoms with Crippen molar-refractivity contribution in [3.63, 3.8) is 0 Å². The van der Waals surface area contributed by atoms with Crippen molar-refractivity contribution in [2.75, 3.05) is 39.5 Å². The van der Waals surface area contributed by atoms with Crippen molar-refractivity contribution in [1.82, 2.24) is 5.32 Å². The molecular weight excluding hydrogens is 230 g/mol. The maximum Gasteiger partial charge on any atom is 0.122 e. The highest BCUT2D eigenvalue weighted by Gasteiger charge is 1.99. The quantitative estimate of drug-likeness (QED) is 0.616. The Hall–Kier alpha value is -1.10. The first-order chi connectivity index (χ1) is 8.88. The molecule has 1 aromatic rings. The summed E-state index contributed by atoms with van der Waals surface area (Å²) in [5, 5.41) is 11.6. The summed E-state index contributed by atoms with van der Waals surface area (Å²) < 4.78 is 11.1. The van der Waals surface area contributed by atoms with Crippen molar-refractivity contribution >= 4 is 0 Å². The van der Waals surface area contributed by atoms with E-state index in [1.807, 2.05) is 18.2 Å². The minimum Gasteiger partial charge on any atom is -0.491 e. The van der Waals surface area contributed by atoms with Crippen LogP contribution in [-0.2, 0) is 11.2 Å². The van der Waals surface area contributed by atoms with Gasteiger partial charge >= 0.3 is 0 Å². The molecule has 4 heteroatoms. The van der Waals surface area contributed by atoms with Gasteiger partial charge in [0.15, 0.2) is 0 Å². The topological polar surface area (TPSA) is 50.7 Å². The lowest BCUT2D eigenvalue weighted by Gasteiger charge is -2.10. The molecule has 0 saturated carbocycles. The Morgan fingerprint density at radius 1 is 1.11 bits per heavy atom. The third kappa shape index (κ3) is 6.00. The average Bonchev–Trinajstić information content (AvgIpc) is 2.42. The van der Waals surface area contributed by atoms with Gasteiger partial charge in [0.25, 0.3) is 0 Å². The molecule has 0 fully saturated rings. The molecule has 0 unspecified atom stereocenters. The van der Waals surface area contributed by atoms with E-state index >= 15 is 0 Å². The summed E-state index contributed by atoms with van der Waals surface area (Å²) in [7, 11) is 0. The third-order valence-electron chi connectivity index (χ3n) is 2.55. The number of aliphatic hydroxyl groups is 1. The fourth-order valence-corrected chi connectivity index (χ4v) is 1.60. The lowest BCUT2D eigenvalue weighted by Crippen LogP contribution is -2.23. The maximum atomic E-state index is 8.56. The lowest BCUT2D eigenvalue weighted by molar-refractivity contribution is 0.101. The normalized spacial score (nSPS) is 10.6. The van der Waals surface area contributed by atoms with E-state index in [0.29, 0.717) is 26.4 Å². The van der Waals surface area contributed by atoms with E-state index in [4.69, 9.17) is 14.6 Å². The summed E-state index contributed by atoms with van der Waals surface area (Å²) in [4.78, 5) is 0. The van der Waals surface area contributed by atoms with Gasteiger partial charge in [-0.2, -0.15) is 0 Å². The van der Waals surface area contributed by atoms with Crippen LogP contribution in [0.1, 0.15) is 12.5 Å². The van der Waals surface area contributed by atoms with E-state index in [-0.39, 0.29) is 6.61 Å². The van der Waals surface area contributed by atoms with Gasteiger partial charge in [0, 0.05) is 13.1 Å². The van der Waals surface area contributed by atoms with Gasteiger partial charge in [0.2, 0.25) is 0 Å². The van der Waals surface area contributed by atoms with Crippen molar-refractivity contribution in [1.29, 1.82) is 0 Å². The number of ether oxygens (including phenoxy) is 2. The first-order valence-electron chi connectivity index (χ1n) is 6.48. The van der Waals surface area contributed by atoms with E-state index in [0.717, 1.165) is 18.7 Å². The molecule has 0 saturated heterocycles. The van der Waals surface area contributed by atoms with Gasteiger partial charge in [-0.1, -0.05) is 25.1 Å². The van der Waals surface area contributed by atoms with Crippen LogP contribution in [0.2, 0.25) is 0 Å². The van der Waals surface area contributed by atoms with Crippen molar-refractivity contribution in [2.45, 2.75) is 13.3 Å². The van der Waals surface area contributed by atoms with E-state index in [2.05, 4.69) is 18.3 Å². The van der Waals surface area contributed by atoms with Crippen molar-refractivity contribution < 1.29 is 14.6 Å². The second kappa shape index (κ2) is 9.88. The largest absolute Gasteiger partial charge is 0.491 e. The second-order valence-corrected chi connectivity index (χ2v) is 3.90. The van der Waals surface area contributed by atoms with Gasteiger partial charge in [-0.25, -0.2) is 0 Å². The smallest absolute Gasteiger partial charge is 0.122 e. The van der Waals surface area contributed by atoms with E-state index < -0.39 is 0 Å². The van der Waals surface area contributed by atoms with Crippen LogP contribution in [0.5, 0.6) is 5.75 Å². The Balaban J connectivity index is 2.07. The first kappa shape index (κ1) is 15.0. The van der Waals surface area contributed by atoms with Crippen LogP contribution in [-0.4, -0.2) is 44.6 Å². The summed E-state index contributed by atoms with van der Waals surface area (Å²) in [6.45, 7) is 5.44. The lowest BCUT2D eigenvalue weighted by atomic mass is 10.1. The Labute approximate surface area is 109 Å². The van der Waals surface area contributed by atoms with Crippen LogP contribution < -0.4 is 10.1 Å². The molecule has 102 valence electrons. The molecule has 0 atom stereocenters. The maximum absolute atomic E-state index is 8.56. The molecule has 0 radical (unpaired) electrons. The molecule has 0 heterocycles. The van der Waals surface area contributed by atoms with E-state index in [1.54, 1.807) is 0 Å². The van der Waals surface area contributed by atoms with Crippen LogP contribution in [0, 0.1) is 0 Å². The highest BCUT2D eigenvalue weighted by Crippen LogP contribution is 2.17. The molecule has 0 aliphatic heterocycles. The molecule has 18 heavy (non-hydrogen) atoms. The second-order valence-electron chi connectivity index (χ2n) is 3.90. The Kier molecular flexibility index (Phi) is 8.21. The van der Waals surface area contributed by atoms with Crippen LogP contribution in [0.3, 0.4) is 0 Å². The van der Waals surface area contributed by atoms with Crippen LogP contribution in [0.4, 0.5) is 0 Å². The third-order valence-corrected chi connectivity index (χ3v) is 2.55.